The molecule has 55 heavy (non-hydrogen) atoms. The van der Waals surface area contributed by atoms with E-state index in [0.29, 0.717) is 53.0 Å². The number of hydrogen-bond acceptors (Lipinski definition) is 11. The summed E-state index contributed by atoms with van der Waals surface area (Å²) >= 11 is 0. The number of carbonyl (C=O) groups excluding carboxylic acids is 1. The number of nitrogens with zero attached hydrogens (tertiary/aromatic N) is 6. The summed E-state index contributed by atoms with van der Waals surface area (Å²) in [7, 11) is 1.52. The lowest BCUT2D eigenvalue weighted by molar-refractivity contribution is 0.00537. The quantitative estimate of drug-likeness (QED) is 0.158. The Hall–Kier alpha value is -5.00. The zero-order valence-electron chi connectivity index (χ0n) is 31.4. The third kappa shape index (κ3) is 6.03. The third-order valence-corrected chi connectivity index (χ3v) is 11.7. The van der Waals surface area contributed by atoms with Crippen molar-refractivity contribution in [3.8, 4) is 41.2 Å². The number of benzene rings is 2. The second kappa shape index (κ2) is 13.3. The molecule has 1 amide bonds. The molecule has 12 nitrogen and oxygen atoms in total. The van der Waals surface area contributed by atoms with Crippen molar-refractivity contribution in [3.05, 3.63) is 41.7 Å². The number of pyridine rings is 1. The van der Waals surface area contributed by atoms with E-state index in [1.807, 2.05) is 43.9 Å². The molecule has 0 aliphatic carbocycles. The monoisotopic (exact) mass is 754 g/mol. The van der Waals surface area contributed by atoms with Gasteiger partial charge in [-0.2, -0.15) is 9.97 Å². The molecule has 2 aromatic carbocycles. The minimum Gasteiger partial charge on any atom is -0.475 e. The van der Waals surface area contributed by atoms with Crippen LogP contribution in [0.1, 0.15) is 58.4 Å². The highest BCUT2D eigenvalue weighted by Crippen LogP contribution is 2.47. The Bertz CT molecular complexity index is 2240. The Kier molecular flexibility index (Phi) is 8.65. The smallest absolute Gasteiger partial charge is 0.410 e. The van der Waals surface area contributed by atoms with Gasteiger partial charge in [-0.1, -0.05) is 18.1 Å². The number of amides is 1. The lowest BCUT2D eigenvalue weighted by Gasteiger charge is -2.46. The number of hydrogen-bond donors (Lipinski definition) is 0. The molecule has 5 aliphatic rings. The van der Waals surface area contributed by atoms with Gasteiger partial charge in [0.25, 0.3) is 0 Å². The molecule has 5 atom stereocenters. The standard InChI is InChI=1S/C41H44F2N6O6/c1-6-23-9-7-10-24-15-27(54-22-51-5)16-28(31(23)24)34-33(43)35-32-36(46-38(45-35)53-21-41-13-8-14-47(41)18-25(42)17-41)48-19-26-11-12-29(30(48)20-52-37(32)44-34)49(26)39(50)55-40(2,3)4/h1,7,9-10,15-16,25-26,29-30H,8,11-14,17-22H2,2-5H3/t25-,26+,29-,30-,41+/m0/s1. The Morgan fingerprint density at radius 1 is 1.11 bits per heavy atom. The van der Waals surface area contributed by atoms with Crippen LogP contribution in [-0.2, 0) is 9.47 Å². The van der Waals surface area contributed by atoms with E-state index in [1.54, 1.807) is 12.1 Å². The molecule has 9 rings (SSSR count). The molecule has 2 bridgehead atoms. The van der Waals surface area contributed by atoms with E-state index >= 15 is 4.39 Å². The van der Waals surface area contributed by atoms with E-state index in [4.69, 9.17) is 45.1 Å². The molecule has 7 heterocycles. The van der Waals surface area contributed by atoms with Crippen LogP contribution in [-0.4, -0.2) is 113 Å². The summed E-state index contributed by atoms with van der Waals surface area (Å²) in [5, 5.41) is 1.63. The van der Waals surface area contributed by atoms with E-state index in [-0.39, 0.29) is 67.3 Å². The van der Waals surface area contributed by atoms with Gasteiger partial charge < -0.3 is 28.6 Å². The van der Waals surface area contributed by atoms with Gasteiger partial charge in [0, 0.05) is 43.1 Å². The van der Waals surface area contributed by atoms with Gasteiger partial charge in [0.1, 0.15) is 53.2 Å². The lowest BCUT2D eigenvalue weighted by atomic mass is 9.95. The number of rotatable bonds is 7. The van der Waals surface area contributed by atoms with E-state index in [9.17, 15) is 9.18 Å². The van der Waals surface area contributed by atoms with Gasteiger partial charge in [0.15, 0.2) is 12.6 Å². The number of aromatic nitrogens is 3. The van der Waals surface area contributed by atoms with E-state index in [1.165, 1.54) is 7.11 Å². The number of ether oxygens (including phenoxy) is 5. The van der Waals surface area contributed by atoms with E-state index in [0.717, 1.165) is 37.6 Å². The topological polar surface area (TPSA) is 112 Å². The first-order valence-corrected chi connectivity index (χ1v) is 19.0. The zero-order valence-corrected chi connectivity index (χ0v) is 31.4. The van der Waals surface area contributed by atoms with Gasteiger partial charge in [0.2, 0.25) is 5.88 Å². The fraction of sp³-hybridized carbons (Fsp3) is 0.512. The first-order valence-electron chi connectivity index (χ1n) is 19.0. The molecule has 5 aliphatic heterocycles. The van der Waals surface area contributed by atoms with Crippen LogP contribution in [0.5, 0.6) is 17.6 Å². The molecule has 0 N–H and O–H groups in total. The van der Waals surface area contributed by atoms with Crippen LogP contribution in [0, 0.1) is 18.2 Å². The maximum absolute atomic E-state index is 17.5. The lowest BCUT2D eigenvalue weighted by Crippen LogP contribution is -2.63. The average molecular weight is 755 g/mol. The van der Waals surface area contributed by atoms with Gasteiger partial charge >= 0.3 is 12.1 Å². The van der Waals surface area contributed by atoms with E-state index < -0.39 is 23.1 Å². The molecular weight excluding hydrogens is 710 g/mol. The van der Waals surface area contributed by atoms with Crippen molar-refractivity contribution in [2.45, 2.75) is 88.3 Å². The number of methoxy groups -OCH3 is 1. The molecule has 4 aromatic rings. The first kappa shape index (κ1) is 35.7. The highest BCUT2D eigenvalue weighted by atomic mass is 19.1. The Labute approximate surface area is 318 Å². The number of fused-ring (bicyclic) bond motifs is 7. The fourth-order valence-electron chi connectivity index (χ4n) is 9.47. The minimum absolute atomic E-state index is 0.0260. The minimum atomic E-state index is -0.944. The highest BCUT2D eigenvalue weighted by Gasteiger charge is 2.52. The summed E-state index contributed by atoms with van der Waals surface area (Å²) in [4.78, 5) is 34.2. The number of anilines is 1. The van der Waals surface area contributed by atoms with Crippen molar-refractivity contribution in [1.82, 2.24) is 24.8 Å². The van der Waals surface area contributed by atoms with E-state index in [2.05, 4.69) is 15.7 Å². The second-order valence-electron chi connectivity index (χ2n) is 16.3. The Morgan fingerprint density at radius 2 is 1.96 bits per heavy atom. The molecule has 4 saturated heterocycles. The fourth-order valence-corrected chi connectivity index (χ4v) is 9.47. The molecular formula is C41H44F2N6O6. The third-order valence-electron chi connectivity index (χ3n) is 11.7. The van der Waals surface area contributed by atoms with Crippen LogP contribution in [0.2, 0.25) is 0 Å². The molecule has 288 valence electrons. The maximum atomic E-state index is 17.5. The number of halogens is 2. The molecule has 0 saturated carbocycles. The van der Waals surface area contributed by atoms with Crippen LogP contribution >= 0.6 is 0 Å². The number of piperazine rings is 1. The van der Waals surface area contributed by atoms with Crippen LogP contribution in [0.15, 0.2) is 30.3 Å². The second-order valence-corrected chi connectivity index (χ2v) is 16.3. The van der Waals surface area contributed by atoms with Crippen LogP contribution in [0.3, 0.4) is 0 Å². The van der Waals surface area contributed by atoms with Crippen LogP contribution < -0.4 is 19.1 Å². The van der Waals surface area contributed by atoms with Gasteiger partial charge in [-0.15, -0.1) is 6.42 Å². The first-order chi connectivity index (χ1) is 26.5. The molecule has 2 aromatic heterocycles. The highest BCUT2D eigenvalue weighted by molar-refractivity contribution is 6.04. The van der Waals surface area contributed by atoms with Crippen LogP contribution in [0.4, 0.5) is 19.4 Å². The molecule has 14 heteroatoms. The predicted molar refractivity (Wildman–Crippen MR) is 201 cm³/mol. The Morgan fingerprint density at radius 3 is 2.76 bits per heavy atom. The van der Waals surface area contributed by atoms with Crippen molar-refractivity contribution in [3.63, 3.8) is 0 Å². The van der Waals surface area contributed by atoms with Gasteiger partial charge in [-0.3, -0.25) is 9.80 Å². The normalized spacial score (nSPS) is 25.7. The Balaban J connectivity index is 1.20. The molecule has 0 unspecified atom stereocenters. The van der Waals surface area contributed by atoms with Gasteiger partial charge in [-0.05, 0) is 76.6 Å². The summed E-state index contributed by atoms with van der Waals surface area (Å²) < 4.78 is 62.1. The average Bonchev–Trinajstić information content (AvgIpc) is 3.76. The molecule has 0 spiro atoms. The van der Waals surface area contributed by atoms with Crippen molar-refractivity contribution >= 4 is 33.6 Å². The van der Waals surface area contributed by atoms with Crippen LogP contribution in [0.25, 0.3) is 32.9 Å². The van der Waals surface area contributed by atoms with Gasteiger partial charge in [0.05, 0.1) is 23.7 Å². The molecule has 4 fully saturated rings. The van der Waals surface area contributed by atoms with Crippen molar-refractivity contribution in [1.29, 1.82) is 0 Å². The van der Waals surface area contributed by atoms with Crippen molar-refractivity contribution < 1.29 is 37.3 Å². The largest absolute Gasteiger partial charge is 0.475 e. The maximum Gasteiger partial charge on any atom is 0.410 e. The summed E-state index contributed by atoms with van der Waals surface area (Å²) in [6, 6.07) is 8.18. The summed E-state index contributed by atoms with van der Waals surface area (Å²) in [5.41, 5.74) is -0.287. The number of alkyl halides is 1. The van der Waals surface area contributed by atoms with Crippen molar-refractivity contribution in [2.75, 3.05) is 51.7 Å². The number of terminal acetylenes is 1. The van der Waals surface area contributed by atoms with Crippen molar-refractivity contribution in [2.24, 2.45) is 0 Å². The predicted octanol–water partition coefficient (Wildman–Crippen LogP) is 6.25. The van der Waals surface area contributed by atoms with Gasteiger partial charge in [-0.25, -0.2) is 18.6 Å². The summed E-state index contributed by atoms with van der Waals surface area (Å²) in [6.07, 6.45) is 8.25. The molecule has 0 radical (unpaired) electrons. The summed E-state index contributed by atoms with van der Waals surface area (Å²) in [6.45, 7) is 7.40. The zero-order chi connectivity index (χ0) is 38.2. The SMILES string of the molecule is C#Cc1cccc2cc(OCOC)cc(-c3nc4c5c(nc(OC[C@]67CCCN6C[C@@H](F)C7)nc5c3F)N3C[C@H]5CC[C@@H]([C@@H]3CO4)N5C(=O)OC(C)(C)C)c12. The summed E-state index contributed by atoms with van der Waals surface area (Å²) in [5.74, 6) is 3.01. The number of carbonyl (C=O) groups is 1.